The third-order valence-electron chi connectivity index (χ3n) is 4.76. The number of hydrogen-bond acceptors (Lipinski definition) is 5. The van der Waals surface area contributed by atoms with Crippen LogP contribution < -0.4 is 10.6 Å². The lowest BCUT2D eigenvalue weighted by Crippen LogP contribution is -2.26. The van der Waals surface area contributed by atoms with Crippen LogP contribution >= 0.6 is 11.3 Å². The van der Waals surface area contributed by atoms with Gasteiger partial charge in [-0.25, -0.2) is 0 Å². The van der Waals surface area contributed by atoms with Gasteiger partial charge in [-0.05, 0) is 57.0 Å². The van der Waals surface area contributed by atoms with E-state index in [-0.39, 0.29) is 11.9 Å². The number of nitrogens with one attached hydrogen (secondary N) is 2. The van der Waals surface area contributed by atoms with E-state index < -0.39 is 0 Å². The third-order valence-corrected chi connectivity index (χ3v) is 5.99. The number of amides is 1. The molecule has 27 heavy (non-hydrogen) atoms. The molecule has 2 aromatic heterocycles. The molecule has 0 saturated carbocycles. The van der Waals surface area contributed by atoms with Gasteiger partial charge in [0.05, 0.1) is 22.3 Å². The number of aryl methyl sites for hydroxylation is 2. The molecule has 3 heterocycles. The maximum absolute atomic E-state index is 12.7. The second kappa shape index (κ2) is 7.62. The normalized spacial score (nSPS) is 15.0. The molecule has 0 aliphatic carbocycles. The second-order valence-corrected chi connectivity index (χ2v) is 7.97. The summed E-state index contributed by atoms with van der Waals surface area (Å²) in [6, 6.07) is 11.6. The molecule has 140 valence electrons. The highest BCUT2D eigenvalue weighted by Crippen LogP contribution is 2.26. The summed E-state index contributed by atoms with van der Waals surface area (Å²) in [6.45, 7) is 5.75. The molecule has 1 aliphatic rings. The SMILES string of the molecule is Cc1nn(-c2ccccc2)nc1C(C)NC(=O)c1cc2c(s1)CCCNC2. The van der Waals surface area contributed by atoms with E-state index in [1.807, 2.05) is 50.2 Å². The summed E-state index contributed by atoms with van der Waals surface area (Å²) in [5.41, 5.74) is 3.76. The van der Waals surface area contributed by atoms with E-state index in [1.165, 1.54) is 10.4 Å². The van der Waals surface area contributed by atoms with Gasteiger partial charge in [-0.15, -0.1) is 11.3 Å². The number of fused-ring (bicyclic) bond motifs is 1. The average Bonchev–Trinajstić information content (AvgIpc) is 3.20. The fraction of sp³-hybridized carbons (Fsp3) is 0.350. The number of rotatable bonds is 4. The summed E-state index contributed by atoms with van der Waals surface area (Å²) in [5, 5.41) is 15.6. The second-order valence-electron chi connectivity index (χ2n) is 6.83. The van der Waals surface area contributed by atoms with Crippen molar-refractivity contribution < 1.29 is 4.79 Å². The topological polar surface area (TPSA) is 71.8 Å². The highest BCUT2D eigenvalue weighted by Gasteiger charge is 2.21. The predicted octanol–water partition coefficient (Wildman–Crippen LogP) is 3.16. The Morgan fingerprint density at radius 3 is 2.93 bits per heavy atom. The van der Waals surface area contributed by atoms with Gasteiger partial charge in [0, 0.05) is 11.4 Å². The van der Waals surface area contributed by atoms with Crippen LogP contribution in [0.25, 0.3) is 5.69 Å². The fourth-order valence-electron chi connectivity index (χ4n) is 3.34. The Kier molecular flexibility index (Phi) is 5.05. The quantitative estimate of drug-likeness (QED) is 0.728. The number of hydrogen-bond donors (Lipinski definition) is 2. The van der Waals surface area contributed by atoms with E-state index in [0.29, 0.717) is 0 Å². The maximum Gasteiger partial charge on any atom is 0.261 e. The molecule has 4 rings (SSSR count). The summed E-state index contributed by atoms with van der Waals surface area (Å²) < 4.78 is 0. The summed E-state index contributed by atoms with van der Waals surface area (Å²) in [4.78, 5) is 16.5. The van der Waals surface area contributed by atoms with E-state index in [1.54, 1.807) is 16.1 Å². The molecule has 1 aromatic carbocycles. The number of thiophene rings is 1. The molecule has 0 spiro atoms. The molecule has 7 heteroatoms. The van der Waals surface area contributed by atoms with E-state index in [4.69, 9.17) is 0 Å². The van der Waals surface area contributed by atoms with Crippen LogP contribution in [0.2, 0.25) is 0 Å². The van der Waals surface area contributed by atoms with Crippen molar-refractivity contribution in [3.05, 3.63) is 63.1 Å². The van der Waals surface area contributed by atoms with Crippen molar-refractivity contribution in [3.63, 3.8) is 0 Å². The first-order valence-corrected chi connectivity index (χ1v) is 10.1. The molecule has 1 unspecified atom stereocenters. The van der Waals surface area contributed by atoms with Crippen LogP contribution in [0, 0.1) is 6.92 Å². The highest BCUT2D eigenvalue weighted by molar-refractivity contribution is 7.14. The van der Waals surface area contributed by atoms with Crippen molar-refractivity contribution in [2.24, 2.45) is 0 Å². The van der Waals surface area contributed by atoms with E-state index in [0.717, 1.165) is 47.9 Å². The Balaban J connectivity index is 1.50. The van der Waals surface area contributed by atoms with Gasteiger partial charge in [-0.3, -0.25) is 4.79 Å². The Morgan fingerprint density at radius 2 is 2.11 bits per heavy atom. The fourth-order valence-corrected chi connectivity index (χ4v) is 4.47. The van der Waals surface area contributed by atoms with E-state index in [9.17, 15) is 4.79 Å². The van der Waals surface area contributed by atoms with Crippen LogP contribution in [0.5, 0.6) is 0 Å². The van der Waals surface area contributed by atoms with Gasteiger partial charge in [-0.2, -0.15) is 15.0 Å². The molecular formula is C20H23N5OS. The van der Waals surface area contributed by atoms with Crippen molar-refractivity contribution in [2.45, 2.75) is 39.3 Å². The van der Waals surface area contributed by atoms with Gasteiger partial charge in [0.25, 0.3) is 5.91 Å². The summed E-state index contributed by atoms with van der Waals surface area (Å²) in [5.74, 6) is -0.0470. The number of carbonyl (C=O) groups is 1. The molecule has 1 amide bonds. The minimum Gasteiger partial charge on any atom is -0.343 e. The molecule has 2 N–H and O–H groups in total. The lowest BCUT2D eigenvalue weighted by Gasteiger charge is -2.11. The van der Waals surface area contributed by atoms with Crippen LogP contribution in [0.4, 0.5) is 0 Å². The molecule has 3 aromatic rings. The van der Waals surface area contributed by atoms with Crippen LogP contribution in [-0.2, 0) is 13.0 Å². The molecular weight excluding hydrogens is 358 g/mol. The first-order valence-electron chi connectivity index (χ1n) is 9.24. The van der Waals surface area contributed by atoms with Crippen molar-refractivity contribution in [1.29, 1.82) is 0 Å². The van der Waals surface area contributed by atoms with Crippen molar-refractivity contribution >= 4 is 17.2 Å². The average molecular weight is 382 g/mol. The number of aromatic nitrogens is 3. The molecule has 1 atom stereocenters. The van der Waals surface area contributed by atoms with Gasteiger partial charge in [-0.1, -0.05) is 18.2 Å². The van der Waals surface area contributed by atoms with Crippen molar-refractivity contribution in [2.75, 3.05) is 6.54 Å². The molecule has 6 nitrogen and oxygen atoms in total. The number of para-hydroxylation sites is 1. The zero-order valence-corrected chi connectivity index (χ0v) is 16.3. The lowest BCUT2D eigenvalue weighted by atomic mass is 10.2. The number of benzene rings is 1. The van der Waals surface area contributed by atoms with Crippen LogP contribution in [0.3, 0.4) is 0 Å². The third kappa shape index (κ3) is 3.79. The Hall–Kier alpha value is -2.51. The standard InChI is InChI=1S/C20H23N5OS/c1-13(19-14(2)23-25(24-19)16-7-4-3-5-8-16)22-20(26)18-11-15-12-21-10-6-9-17(15)27-18/h3-5,7-8,11,13,21H,6,9-10,12H2,1-2H3,(H,22,26). The lowest BCUT2D eigenvalue weighted by molar-refractivity contribution is 0.0943. The van der Waals surface area contributed by atoms with Gasteiger partial charge < -0.3 is 10.6 Å². The summed E-state index contributed by atoms with van der Waals surface area (Å²) in [6.07, 6.45) is 2.16. The largest absolute Gasteiger partial charge is 0.343 e. The highest BCUT2D eigenvalue weighted by atomic mass is 32.1. The minimum absolute atomic E-state index is 0.0470. The Labute approximate surface area is 162 Å². The molecule has 0 bridgehead atoms. The van der Waals surface area contributed by atoms with Crippen molar-refractivity contribution in [3.8, 4) is 5.69 Å². The number of carbonyl (C=O) groups excluding carboxylic acids is 1. The smallest absolute Gasteiger partial charge is 0.261 e. The molecule has 1 aliphatic heterocycles. The van der Waals surface area contributed by atoms with Gasteiger partial charge in [0.2, 0.25) is 0 Å². The van der Waals surface area contributed by atoms with Gasteiger partial charge in [0.1, 0.15) is 5.69 Å². The zero-order valence-electron chi connectivity index (χ0n) is 15.5. The zero-order chi connectivity index (χ0) is 18.8. The van der Waals surface area contributed by atoms with Crippen LogP contribution in [0.1, 0.15) is 50.9 Å². The molecule has 0 saturated heterocycles. The number of nitrogens with zero attached hydrogens (tertiary/aromatic N) is 3. The van der Waals surface area contributed by atoms with E-state index >= 15 is 0 Å². The predicted molar refractivity (Wildman–Crippen MR) is 106 cm³/mol. The first-order chi connectivity index (χ1) is 13.1. The molecule has 0 fully saturated rings. The first kappa shape index (κ1) is 17.9. The monoisotopic (exact) mass is 381 g/mol. The summed E-state index contributed by atoms with van der Waals surface area (Å²) >= 11 is 1.61. The Bertz CT molecular complexity index is 923. The summed E-state index contributed by atoms with van der Waals surface area (Å²) in [7, 11) is 0. The van der Waals surface area contributed by atoms with Crippen molar-refractivity contribution in [1.82, 2.24) is 25.6 Å². The Morgan fingerprint density at radius 1 is 1.30 bits per heavy atom. The van der Waals surface area contributed by atoms with E-state index in [2.05, 4.69) is 20.8 Å². The molecule has 0 radical (unpaired) electrons. The van der Waals surface area contributed by atoms with Crippen LogP contribution in [0.15, 0.2) is 36.4 Å². The van der Waals surface area contributed by atoms with Gasteiger partial charge >= 0.3 is 0 Å². The minimum atomic E-state index is -0.213. The van der Waals surface area contributed by atoms with Crippen LogP contribution in [-0.4, -0.2) is 27.4 Å². The van der Waals surface area contributed by atoms with Gasteiger partial charge in [0.15, 0.2) is 0 Å². The maximum atomic E-state index is 12.7.